The number of hydrogen-bond acceptors (Lipinski definition) is 2. The molecule has 0 atom stereocenters. The Morgan fingerprint density at radius 2 is 2.20 bits per heavy atom. The average Bonchev–Trinajstić information content (AvgIpc) is 2.65. The quantitative estimate of drug-likeness (QED) is 0.825. The smallest absolute Gasteiger partial charge is 0.227 e. The number of benzene rings is 1. The van der Waals surface area contributed by atoms with E-state index < -0.39 is 5.41 Å². The lowest BCUT2D eigenvalue weighted by atomic mass is 9.92. The zero-order valence-corrected chi connectivity index (χ0v) is 13.8. The normalized spacial score (nSPS) is 11.8. The van der Waals surface area contributed by atoms with Crippen molar-refractivity contribution in [3.05, 3.63) is 27.2 Å². The predicted molar refractivity (Wildman–Crippen MR) is 82.6 cm³/mol. The monoisotopic (exact) mass is 359 g/mol. The SMILES string of the molecule is CNC(=O)C(C)(C)Cn1c(=S)[nH]c2cc(F)c(Br)cc21. The molecule has 2 N–H and O–H groups in total. The van der Waals surface area contributed by atoms with Gasteiger partial charge in [0.1, 0.15) is 5.82 Å². The van der Waals surface area contributed by atoms with Crippen LogP contribution < -0.4 is 5.32 Å². The number of amides is 1. The van der Waals surface area contributed by atoms with E-state index in [1.54, 1.807) is 13.1 Å². The highest BCUT2D eigenvalue weighted by Crippen LogP contribution is 2.26. The van der Waals surface area contributed by atoms with Gasteiger partial charge >= 0.3 is 0 Å². The van der Waals surface area contributed by atoms with Crippen molar-refractivity contribution in [2.45, 2.75) is 20.4 Å². The fourth-order valence-electron chi connectivity index (χ4n) is 2.11. The van der Waals surface area contributed by atoms with Crippen molar-refractivity contribution < 1.29 is 9.18 Å². The van der Waals surface area contributed by atoms with Gasteiger partial charge in [-0.3, -0.25) is 4.79 Å². The Morgan fingerprint density at radius 1 is 1.55 bits per heavy atom. The summed E-state index contributed by atoms with van der Waals surface area (Å²) in [4.78, 5) is 14.9. The first-order valence-electron chi connectivity index (χ1n) is 6.06. The minimum Gasteiger partial charge on any atom is -0.359 e. The molecule has 0 bridgehead atoms. The van der Waals surface area contributed by atoms with E-state index in [9.17, 15) is 9.18 Å². The van der Waals surface area contributed by atoms with Gasteiger partial charge in [-0.05, 0) is 48.1 Å². The van der Waals surface area contributed by atoms with Gasteiger partial charge in [0.25, 0.3) is 0 Å². The summed E-state index contributed by atoms with van der Waals surface area (Å²) in [7, 11) is 1.60. The molecule has 2 aromatic rings. The lowest BCUT2D eigenvalue weighted by Crippen LogP contribution is -2.37. The summed E-state index contributed by atoms with van der Waals surface area (Å²) in [6.07, 6.45) is 0. The number of rotatable bonds is 3. The van der Waals surface area contributed by atoms with Crippen LogP contribution in [0.2, 0.25) is 0 Å². The molecule has 2 rings (SSSR count). The van der Waals surface area contributed by atoms with E-state index in [4.69, 9.17) is 12.2 Å². The van der Waals surface area contributed by atoms with Gasteiger partial charge in [0.2, 0.25) is 5.91 Å². The van der Waals surface area contributed by atoms with Crippen LogP contribution in [0.25, 0.3) is 11.0 Å². The van der Waals surface area contributed by atoms with Crippen LogP contribution >= 0.6 is 28.1 Å². The van der Waals surface area contributed by atoms with E-state index in [1.807, 2.05) is 18.4 Å². The molecule has 0 radical (unpaired) electrons. The van der Waals surface area contributed by atoms with Gasteiger partial charge in [0.15, 0.2) is 4.77 Å². The Balaban J connectivity index is 2.55. The zero-order chi connectivity index (χ0) is 15.1. The summed E-state index contributed by atoms with van der Waals surface area (Å²) in [6.45, 7) is 4.08. The molecule has 0 aliphatic heterocycles. The highest BCUT2D eigenvalue weighted by Gasteiger charge is 2.28. The van der Waals surface area contributed by atoms with E-state index >= 15 is 0 Å². The third-order valence-corrected chi connectivity index (χ3v) is 4.14. The molecule has 0 aliphatic carbocycles. The number of hydrogen-bond donors (Lipinski definition) is 2. The summed E-state index contributed by atoms with van der Waals surface area (Å²) in [5.41, 5.74) is 0.756. The van der Waals surface area contributed by atoms with Crippen molar-refractivity contribution in [2.75, 3.05) is 7.05 Å². The highest BCUT2D eigenvalue weighted by molar-refractivity contribution is 9.10. The summed E-state index contributed by atoms with van der Waals surface area (Å²) < 4.78 is 16.2. The minimum absolute atomic E-state index is 0.0741. The molecule has 0 fully saturated rings. The van der Waals surface area contributed by atoms with Crippen LogP contribution in [-0.4, -0.2) is 22.5 Å². The lowest BCUT2D eigenvalue weighted by Gasteiger charge is -2.23. The number of H-pyrrole nitrogens is 1. The molecule has 108 valence electrons. The van der Waals surface area contributed by atoms with Crippen molar-refractivity contribution in [2.24, 2.45) is 5.41 Å². The Hall–Kier alpha value is -1.21. The van der Waals surface area contributed by atoms with Gasteiger partial charge < -0.3 is 14.9 Å². The maximum Gasteiger partial charge on any atom is 0.227 e. The van der Waals surface area contributed by atoms with Crippen molar-refractivity contribution in [1.29, 1.82) is 0 Å². The summed E-state index contributed by atoms with van der Waals surface area (Å²) in [5.74, 6) is -0.429. The van der Waals surface area contributed by atoms with Crippen molar-refractivity contribution in [1.82, 2.24) is 14.9 Å². The van der Waals surface area contributed by atoms with Crippen molar-refractivity contribution in [3.8, 4) is 0 Å². The van der Waals surface area contributed by atoms with E-state index in [1.165, 1.54) is 6.07 Å². The molecule has 1 aromatic heterocycles. The summed E-state index contributed by atoms with van der Waals surface area (Å²) in [6, 6.07) is 3.05. The minimum atomic E-state index is -0.622. The van der Waals surface area contributed by atoms with Crippen LogP contribution in [0.3, 0.4) is 0 Å². The number of aromatic nitrogens is 2. The average molecular weight is 360 g/mol. The molecule has 7 heteroatoms. The first-order chi connectivity index (χ1) is 9.26. The number of aromatic amines is 1. The second-order valence-electron chi connectivity index (χ2n) is 5.26. The maximum absolute atomic E-state index is 13.5. The molecular formula is C13H15BrFN3OS. The Bertz CT molecular complexity index is 735. The van der Waals surface area contributed by atoms with Gasteiger partial charge in [-0.25, -0.2) is 4.39 Å². The largest absolute Gasteiger partial charge is 0.359 e. The zero-order valence-electron chi connectivity index (χ0n) is 11.4. The number of nitrogens with one attached hydrogen (secondary N) is 2. The lowest BCUT2D eigenvalue weighted by molar-refractivity contribution is -0.129. The molecule has 0 spiro atoms. The first-order valence-corrected chi connectivity index (χ1v) is 7.26. The summed E-state index contributed by atoms with van der Waals surface area (Å²) in [5, 5.41) is 2.64. The van der Waals surface area contributed by atoms with Crippen LogP contribution in [0.1, 0.15) is 13.8 Å². The third-order valence-electron chi connectivity index (χ3n) is 3.21. The molecule has 0 aliphatic rings. The molecule has 1 heterocycles. The second kappa shape index (κ2) is 5.29. The summed E-state index contributed by atoms with van der Waals surface area (Å²) >= 11 is 8.43. The topological polar surface area (TPSA) is 49.8 Å². The number of nitrogens with zero attached hydrogens (tertiary/aromatic N) is 1. The number of carbonyl (C=O) groups excluding carboxylic acids is 1. The fourth-order valence-corrected chi connectivity index (χ4v) is 2.72. The van der Waals surface area contributed by atoms with Crippen LogP contribution in [0.4, 0.5) is 4.39 Å². The number of fused-ring (bicyclic) bond motifs is 1. The highest BCUT2D eigenvalue weighted by atomic mass is 79.9. The van der Waals surface area contributed by atoms with Crippen LogP contribution in [-0.2, 0) is 11.3 Å². The van der Waals surface area contributed by atoms with Crippen LogP contribution in [0.15, 0.2) is 16.6 Å². The second-order valence-corrected chi connectivity index (χ2v) is 6.50. The standard InChI is InChI=1S/C13H15BrFN3OS/c1-13(2,11(19)16-3)6-18-10-4-7(14)8(15)5-9(10)17-12(18)20/h4-5H,6H2,1-3H3,(H,16,19)(H,17,20). The molecule has 4 nitrogen and oxygen atoms in total. The molecule has 0 unspecified atom stereocenters. The molecule has 1 aromatic carbocycles. The Kier molecular flexibility index (Phi) is 4.02. The van der Waals surface area contributed by atoms with Crippen molar-refractivity contribution in [3.63, 3.8) is 0 Å². The van der Waals surface area contributed by atoms with Gasteiger partial charge in [-0.15, -0.1) is 0 Å². The number of imidazole rings is 1. The van der Waals surface area contributed by atoms with Crippen LogP contribution in [0.5, 0.6) is 0 Å². The van der Waals surface area contributed by atoms with Crippen LogP contribution in [0, 0.1) is 16.0 Å². The van der Waals surface area contributed by atoms with E-state index in [-0.39, 0.29) is 11.7 Å². The van der Waals surface area contributed by atoms with E-state index in [0.29, 0.717) is 21.3 Å². The molecule has 20 heavy (non-hydrogen) atoms. The fraction of sp³-hybridized carbons (Fsp3) is 0.385. The molecular weight excluding hydrogens is 345 g/mol. The van der Waals surface area contributed by atoms with Gasteiger partial charge in [0, 0.05) is 19.7 Å². The number of carbonyl (C=O) groups is 1. The predicted octanol–water partition coefficient (Wildman–Crippen LogP) is 3.37. The Morgan fingerprint density at radius 3 is 2.80 bits per heavy atom. The molecule has 0 saturated heterocycles. The maximum atomic E-state index is 13.5. The van der Waals surface area contributed by atoms with E-state index in [0.717, 1.165) is 5.52 Å². The molecule has 1 amide bonds. The Labute approximate surface area is 129 Å². The molecule has 0 saturated carbocycles. The van der Waals surface area contributed by atoms with E-state index in [2.05, 4.69) is 26.2 Å². The van der Waals surface area contributed by atoms with Gasteiger partial charge in [-0.2, -0.15) is 0 Å². The first kappa shape index (κ1) is 15.2. The number of halogens is 2. The third kappa shape index (κ3) is 2.64. The van der Waals surface area contributed by atoms with Crippen molar-refractivity contribution >= 4 is 45.1 Å². The van der Waals surface area contributed by atoms with Gasteiger partial charge in [-0.1, -0.05) is 0 Å². The van der Waals surface area contributed by atoms with Gasteiger partial charge in [0.05, 0.1) is 20.9 Å².